The molecule has 2 aromatic carbocycles. The molecular weight excluding hydrogens is 406 g/mol. The molecule has 0 aliphatic heterocycles. The third kappa shape index (κ3) is 6.36. The number of methoxy groups -OCH3 is 2. The number of carboxylic acid groups (broad SMARTS) is 1. The van der Waals surface area contributed by atoms with Gasteiger partial charge in [-0.3, -0.25) is 4.79 Å². The van der Waals surface area contributed by atoms with Gasteiger partial charge in [-0.25, -0.2) is 4.79 Å². The second-order valence-corrected chi connectivity index (χ2v) is 8.08. The smallest absolute Gasteiger partial charge is 0.335 e. The summed E-state index contributed by atoms with van der Waals surface area (Å²) in [6.07, 6.45) is 6.73. The summed E-state index contributed by atoms with van der Waals surface area (Å²) >= 11 is 0. The van der Waals surface area contributed by atoms with Gasteiger partial charge in [0.25, 0.3) is 0 Å². The van der Waals surface area contributed by atoms with Crippen molar-refractivity contribution in [3.8, 4) is 11.5 Å². The normalized spacial score (nSPS) is 14.3. The lowest BCUT2D eigenvalue weighted by Crippen LogP contribution is -2.26. The van der Waals surface area contributed by atoms with Crippen LogP contribution in [0, 0.1) is 0 Å². The van der Waals surface area contributed by atoms with Crippen molar-refractivity contribution in [2.75, 3.05) is 14.2 Å². The average Bonchev–Trinajstić information content (AvgIpc) is 2.79. The van der Waals surface area contributed by atoms with Crippen molar-refractivity contribution in [2.45, 2.75) is 51.5 Å². The lowest BCUT2D eigenvalue weighted by molar-refractivity contribution is -0.117. The topological polar surface area (TPSA) is 84.9 Å². The van der Waals surface area contributed by atoms with Gasteiger partial charge in [0.2, 0.25) is 5.91 Å². The van der Waals surface area contributed by atoms with Gasteiger partial charge in [-0.05, 0) is 67.5 Å². The predicted octanol–water partition coefficient (Wildman–Crippen LogP) is 4.91. The summed E-state index contributed by atoms with van der Waals surface area (Å²) in [6, 6.07) is 12.4. The zero-order valence-electron chi connectivity index (χ0n) is 18.8. The molecule has 170 valence electrons. The third-order valence-electron chi connectivity index (χ3n) is 5.84. The highest BCUT2D eigenvalue weighted by Crippen LogP contribution is 2.29. The molecule has 0 heterocycles. The fourth-order valence-corrected chi connectivity index (χ4v) is 4.06. The first-order valence-electron chi connectivity index (χ1n) is 11.0. The van der Waals surface area contributed by atoms with E-state index in [1.54, 1.807) is 38.5 Å². The van der Waals surface area contributed by atoms with Crippen molar-refractivity contribution in [3.05, 3.63) is 70.3 Å². The highest BCUT2D eigenvalue weighted by molar-refractivity contribution is 5.94. The van der Waals surface area contributed by atoms with Crippen molar-refractivity contribution >= 4 is 11.9 Å². The maximum Gasteiger partial charge on any atom is 0.335 e. The molecule has 0 atom stereocenters. The van der Waals surface area contributed by atoms with E-state index in [1.807, 2.05) is 18.2 Å². The Kier molecular flexibility index (Phi) is 8.31. The van der Waals surface area contributed by atoms with Gasteiger partial charge in [-0.2, -0.15) is 0 Å². The molecule has 0 saturated heterocycles. The summed E-state index contributed by atoms with van der Waals surface area (Å²) in [7, 11) is 3.27. The maximum absolute atomic E-state index is 13.1. The molecule has 2 aromatic rings. The summed E-state index contributed by atoms with van der Waals surface area (Å²) in [6.45, 7) is 0.364. The molecule has 1 aliphatic carbocycles. The third-order valence-corrected chi connectivity index (χ3v) is 5.84. The molecule has 6 nitrogen and oxygen atoms in total. The number of hydrogen-bond donors (Lipinski definition) is 2. The van der Waals surface area contributed by atoms with Gasteiger partial charge in [0.15, 0.2) is 0 Å². The lowest BCUT2D eigenvalue weighted by Gasteiger charge is -2.19. The minimum absolute atomic E-state index is 0.0425. The van der Waals surface area contributed by atoms with E-state index in [4.69, 9.17) is 14.6 Å². The number of rotatable bonds is 8. The number of carbonyl (C=O) groups excluding carboxylic acids is 1. The number of carbonyl (C=O) groups is 2. The fourth-order valence-electron chi connectivity index (χ4n) is 4.06. The molecule has 1 aliphatic rings. The van der Waals surface area contributed by atoms with Gasteiger partial charge in [-0.1, -0.05) is 30.5 Å². The fraction of sp³-hybridized carbons (Fsp3) is 0.385. The van der Waals surface area contributed by atoms with E-state index in [-0.39, 0.29) is 11.5 Å². The minimum Gasteiger partial charge on any atom is -0.497 e. The Morgan fingerprint density at radius 1 is 0.875 bits per heavy atom. The molecule has 0 radical (unpaired) electrons. The minimum atomic E-state index is -0.959. The van der Waals surface area contributed by atoms with E-state index in [1.165, 1.54) is 12.0 Å². The standard InChI is InChI=1S/C26H31NO5/c1-31-22-14-19(15-23(16-22)32-2)13-21-7-5-3-4-6-8-24(21)25(28)27-17-18-9-11-20(12-10-18)26(29)30/h9-12,14-16H,3-8,13,17H2,1-2H3,(H,27,28)(H,29,30). The van der Waals surface area contributed by atoms with Crippen LogP contribution in [0.4, 0.5) is 0 Å². The van der Waals surface area contributed by atoms with Gasteiger partial charge >= 0.3 is 5.97 Å². The molecule has 0 aromatic heterocycles. The number of nitrogens with one attached hydrogen (secondary N) is 1. The van der Waals surface area contributed by atoms with Gasteiger partial charge in [-0.15, -0.1) is 0 Å². The molecule has 0 fully saturated rings. The number of aromatic carboxylic acids is 1. The van der Waals surface area contributed by atoms with Crippen molar-refractivity contribution < 1.29 is 24.2 Å². The first-order chi connectivity index (χ1) is 15.5. The predicted molar refractivity (Wildman–Crippen MR) is 123 cm³/mol. The van der Waals surface area contributed by atoms with E-state index in [0.717, 1.165) is 60.3 Å². The lowest BCUT2D eigenvalue weighted by atomic mass is 9.89. The Labute approximate surface area is 189 Å². The maximum atomic E-state index is 13.1. The molecule has 3 rings (SSSR count). The Bertz CT molecular complexity index is 956. The highest BCUT2D eigenvalue weighted by atomic mass is 16.5. The van der Waals surface area contributed by atoms with Crippen molar-refractivity contribution in [1.82, 2.24) is 5.32 Å². The number of hydrogen-bond acceptors (Lipinski definition) is 4. The second-order valence-electron chi connectivity index (χ2n) is 8.08. The molecule has 0 bridgehead atoms. The van der Waals surface area contributed by atoms with Gasteiger partial charge in [0.1, 0.15) is 11.5 Å². The Morgan fingerprint density at radius 2 is 1.50 bits per heavy atom. The number of benzene rings is 2. The summed E-state index contributed by atoms with van der Waals surface area (Å²) in [5.41, 5.74) is 4.20. The molecule has 32 heavy (non-hydrogen) atoms. The van der Waals surface area contributed by atoms with Crippen LogP contribution in [0.25, 0.3) is 0 Å². The first kappa shape index (κ1) is 23.4. The largest absolute Gasteiger partial charge is 0.497 e. The Balaban J connectivity index is 1.79. The Hall–Kier alpha value is -3.28. The van der Waals surface area contributed by atoms with Crippen LogP contribution >= 0.6 is 0 Å². The average molecular weight is 438 g/mol. The zero-order chi connectivity index (χ0) is 22.9. The second kappa shape index (κ2) is 11.4. The number of carboxylic acids is 1. The number of ether oxygens (including phenoxy) is 2. The molecule has 1 amide bonds. The van der Waals surface area contributed by atoms with Crippen LogP contribution in [-0.2, 0) is 17.8 Å². The van der Waals surface area contributed by atoms with Crippen LogP contribution in [0.1, 0.15) is 60.0 Å². The van der Waals surface area contributed by atoms with E-state index >= 15 is 0 Å². The quantitative estimate of drug-likeness (QED) is 0.613. The number of allylic oxidation sites excluding steroid dienone is 1. The zero-order valence-corrected chi connectivity index (χ0v) is 18.8. The number of amides is 1. The monoisotopic (exact) mass is 437 g/mol. The van der Waals surface area contributed by atoms with Crippen LogP contribution in [0.15, 0.2) is 53.6 Å². The van der Waals surface area contributed by atoms with E-state index in [2.05, 4.69) is 5.32 Å². The molecule has 0 unspecified atom stereocenters. The summed E-state index contributed by atoms with van der Waals surface area (Å²) in [5.74, 6) is 0.473. The van der Waals surface area contributed by atoms with Crippen LogP contribution in [0.3, 0.4) is 0 Å². The SMILES string of the molecule is COc1cc(CC2=C(C(=O)NCc3ccc(C(=O)O)cc3)CCCCCC2)cc(OC)c1. The summed E-state index contributed by atoms with van der Waals surface area (Å²) in [5, 5.41) is 12.1. The van der Waals surface area contributed by atoms with Crippen LogP contribution in [0.2, 0.25) is 0 Å². The van der Waals surface area contributed by atoms with Crippen molar-refractivity contribution in [2.24, 2.45) is 0 Å². The molecular formula is C26H31NO5. The summed E-state index contributed by atoms with van der Waals surface area (Å²) < 4.78 is 10.8. The van der Waals surface area contributed by atoms with Crippen LogP contribution in [-0.4, -0.2) is 31.2 Å². The molecule has 0 spiro atoms. The van der Waals surface area contributed by atoms with E-state index < -0.39 is 5.97 Å². The molecule has 2 N–H and O–H groups in total. The van der Waals surface area contributed by atoms with Gasteiger partial charge in [0, 0.05) is 18.2 Å². The Morgan fingerprint density at radius 3 is 2.09 bits per heavy atom. The molecule has 0 saturated carbocycles. The van der Waals surface area contributed by atoms with Gasteiger partial charge < -0.3 is 19.9 Å². The van der Waals surface area contributed by atoms with Crippen molar-refractivity contribution in [3.63, 3.8) is 0 Å². The first-order valence-corrected chi connectivity index (χ1v) is 11.0. The van der Waals surface area contributed by atoms with E-state index in [9.17, 15) is 9.59 Å². The highest BCUT2D eigenvalue weighted by Gasteiger charge is 2.18. The van der Waals surface area contributed by atoms with E-state index in [0.29, 0.717) is 13.0 Å². The van der Waals surface area contributed by atoms with Crippen molar-refractivity contribution in [1.29, 1.82) is 0 Å². The van der Waals surface area contributed by atoms with Crippen LogP contribution in [0.5, 0.6) is 11.5 Å². The van der Waals surface area contributed by atoms with Crippen LogP contribution < -0.4 is 14.8 Å². The molecule has 6 heteroatoms. The van der Waals surface area contributed by atoms with Gasteiger partial charge in [0.05, 0.1) is 19.8 Å². The summed E-state index contributed by atoms with van der Waals surface area (Å²) in [4.78, 5) is 24.2.